The minimum Gasteiger partial charge on any atom is -0.497 e. The Morgan fingerprint density at radius 1 is 1.19 bits per heavy atom. The minimum atomic E-state index is 0.181. The average Bonchev–Trinajstić information content (AvgIpc) is 2.55. The average molecular weight is 286 g/mol. The van der Waals surface area contributed by atoms with E-state index in [4.69, 9.17) is 9.47 Å². The first-order valence-electron chi connectivity index (χ1n) is 7.12. The van der Waals surface area contributed by atoms with E-state index in [1.54, 1.807) is 20.4 Å². The number of benzene rings is 1. The molecule has 0 amide bonds. The van der Waals surface area contributed by atoms with Crippen molar-refractivity contribution in [2.45, 2.75) is 19.4 Å². The van der Waals surface area contributed by atoms with Gasteiger partial charge in [0.25, 0.3) is 0 Å². The predicted molar refractivity (Wildman–Crippen MR) is 83.9 cm³/mol. The van der Waals surface area contributed by atoms with Crippen molar-refractivity contribution in [1.82, 2.24) is 10.3 Å². The van der Waals surface area contributed by atoms with Gasteiger partial charge in [0.1, 0.15) is 11.5 Å². The Bertz CT molecular complexity index is 558. The number of likely N-dealkylation sites (N-methyl/N-ethyl adjacent to an activating group) is 1. The number of nitrogens with one attached hydrogen (secondary N) is 1. The van der Waals surface area contributed by atoms with Crippen LogP contribution in [-0.4, -0.2) is 25.7 Å². The lowest BCUT2D eigenvalue weighted by Gasteiger charge is -2.21. The highest BCUT2D eigenvalue weighted by Crippen LogP contribution is 2.31. The molecule has 2 rings (SSSR count). The van der Waals surface area contributed by atoms with Crippen molar-refractivity contribution in [2.75, 3.05) is 20.8 Å². The van der Waals surface area contributed by atoms with E-state index < -0.39 is 0 Å². The van der Waals surface area contributed by atoms with Crippen LogP contribution in [0.4, 0.5) is 0 Å². The van der Waals surface area contributed by atoms with Crippen molar-refractivity contribution in [3.05, 3.63) is 53.9 Å². The van der Waals surface area contributed by atoms with E-state index >= 15 is 0 Å². The molecule has 0 saturated carbocycles. The van der Waals surface area contributed by atoms with Crippen LogP contribution in [0.5, 0.6) is 11.5 Å². The number of nitrogens with zero attached hydrogens (tertiary/aromatic N) is 1. The molecule has 112 valence electrons. The quantitative estimate of drug-likeness (QED) is 0.849. The molecule has 21 heavy (non-hydrogen) atoms. The Labute approximate surface area is 126 Å². The van der Waals surface area contributed by atoms with Gasteiger partial charge in [-0.05, 0) is 30.7 Å². The minimum absolute atomic E-state index is 0.181. The highest BCUT2D eigenvalue weighted by Gasteiger charge is 2.16. The fourth-order valence-electron chi connectivity index (χ4n) is 2.40. The molecule has 0 aliphatic heterocycles. The second-order valence-electron chi connectivity index (χ2n) is 4.78. The largest absolute Gasteiger partial charge is 0.497 e. The monoisotopic (exact) mass is 286 g/mol. The standard InChI is InChI=1S/C17H22N2O2/c1-4-19-16(10-13-6-5-9-18-12-13)15-8-7-14(20-2)11-17(15)21-3/h5-9,11-12,16,19H,4,10H2,1-3H3. The second-order valence-corrected chi connectivity index (χ2v) is 4.78. The lowest BCUT2D eigenvalue weighted by molar-refractivity contribution is 0.384. The maximum Gasteiger partial charge on any atom is 0.127 e. The van der Waals surface area contributed by atoms with Crippen molar-refractivity contribution in [2.24, 2.45) is 0 Å². The van der Waals surface area contributed by atoms with Gasteiger partial charge in [-0.25, -0.2) is 0 Å². The predicted octanol–water partition coefficient (Wildman–Crippen LogP) is 2.99. The Balaban J connectivity index is 2.29. The van der Waals surface area contributed by atoms with Gasteiger partial charge in [-0.1, -0.05) is 19.1 Å². The summed E-state index contributed by atoms with van der Waals surface area (Å²) in [7, 11) is 3.34. The molecule has 1 N–H and O–H groups in total. The lowest BCUT2D eigenvalue weighted by atomic mass is 9.98. The molecule has 0 spiro atoms. The molecule has 1 aromatic carbocycles. The van der Waals surface area contributed by atoms with Gasteiger partial charge in [-0.15, -0.1) is 0 Å². The molecular weight excluding hydrogens is 264 g/mol. The zero-order valence-corrected chi connectivity index (χ0v) is 12.8. The topological polar surface area (TPSA) is 43.4 Å². The van der Waals surface area contributed by atoms with Crippen molar-refractivity contribution in [3.8, 4) is 11.5 Å². The van der Waals surface area contributed by atoms with E-state index in [-0.39, 0.29) is 6.04 Å². The maximum atomic E-state index is 5.52. The Hall–Kier alpha value is -2.07. The van der Waals surface area contributed by atoms with Crippen LogP contribution in [-0.2, 0) is 6.42 Å². The number of rotatable bonds is 7. The van der Waals surface area contributed by atoms with Crippen molar-refractivity contribution >= 4 is 0 Å². The molecule has 1 unspecified atom stereocenters. The molecule has 1 aromatic heterocycles. The summed E-state index contributed by atoms with van der Waals surface area (Å²) >= 11 is 0. The smallest absolute Gasteiger partial charge is 0.127 e. The number of hydrogen-bond acceptors (Lipinski definition) is 4. The number of aromatic nitrogens is 1. The Morgan fingerprint density at radius 3 is 2.67 bits per heavy atom. The molecule has 0 aliphatic carbocycles. The number of methoxy groups -OCH3 is 2. The van der Waals surface area contributed by atoms with Crippen LogP contribution in [0.25, 0.3) is 0 Å². The number of ether oxygens (including phenoxy) is 2. The van der Waals surface area contributed by atoms with Crippen LogP contribution in [0.2, 0.25) is 0 Å². The van der Waals surface area contributed by atoms with Crippen molar-refractivity contribution < 1.29 is 9.47 Å². The first-order valence-corrected chi connectivity index (χ1v) is 7.12. The van der Waals surface area contributed by atoms with Crippen LogP contribution in [0, 0.1) is 0 Å². The second kappa shape index (κ2) is 7.64. The fourth-order valence-corrected chi connectivity index (χ4v) is 2.40. The highest BCUT2D eigenvalue weighted by molar-refractivity contribution is 5.43. The fraction of sp³-hybridized carbons (Fsp3) is 0.353. The van der Waals surface area contributed by atoms with Gasteiger partial charge in [-0.3, -0.25) is 4.98 Å². The van der Waals surface area contributed by atoms with Crippen molar-refractivity contribution in [1.29, 1.82) is 0 Å². The molecular formula is C17H22N2O2. The lowest BCUT2D eigenvalue weighted by Crippen LogP contribution is -2.23. The summed E-state index contributed by atoms with van der Waals surface area (Å²) in [6.07, 6.45) is 4.56. The van der Waals surface area contributed by atoms with Crippen molar-refractivity contribution in [3.63, 3.8) is 0 Å². The summed E-state index contributed by atoms with van der Waals surface area (Å²) in [6, 6.07) is 10.2. The van der Waals surface area contributed by atoms with Gasteiger partial charge in [0.05, 0.1) is 14.2 Å². The third kappa shape index (κ3) is 3.95. The van der Waals surface area contributed by atoms with E-state index in [0.29, 0.717) is 0 Å². The first-order chi connectivity index (χ1) is 10.3. The molecule has 0 fully saturated rings. The number of hydrogen-bond donors (Lipinski definition) is 1. The van der Waals surface area contributed by atoms with E-state index in [2.05, 4.69) is 29.4 Å². The third-order valence-electron chi connectivity index (χ3n) is 3.43. The van der Waals surface area contributed by atoms with E-state index in [9.17, 15) is 0 Å². The van der Waals surface area contributed by atoms with Crippen LogP contribution in [0.15, 0.2) is 42.7 Å². The molecule has 0 bridgehead atoms. The molecule has 2 aromatic rings. The van der Waals surface area contributed by atoms with Crippen LogP contribution in [0.1, 0.15) is 24.1 Å². The molecule has 1 atom stereocenters. The molecule has 0 saturated heterocycles. The summed E-state index contributed by atoms with van der Waals surface area (Å²) in [4.78, 5) is 4.18. The van der Waals surface area contributed by atoms with Gasteiger partial charge in [0, 0.05) is 30.1 Å². The van der Waals surface area contributed by atoms with Crippen LogP contribution >= 0.6 is 0 Å². The Morgan fingerprint density at radius 2 is 2.05 bits per heavy atom. The summed E-state index contributed by atoms with van der Waals surface area (Å²) in [5, 5.41) is 3.51. The Kier molecular flexibility index (Phi) is 5.58. The summed E-state index contributed by atoms with van der Waals surface area (Å²) in [6.45, 7) is 2.99. The highest BCUT2D eigenvalue weighted by atomic mass is 16.5. The van der Waals surface area contributed by atoms with Gasteiger partial charge >= 0.3 is 0 Å². The van der Waals surface area contributed by atoms with E-state index in [1.807, 2.05) is 24.4 Å². The maximum absolute atomic E-state index is 5.52. The molecule has 4 heteroatoms. The third-order valence-corrected chi connectivity index (χ3v) is 3.43. The van der Waals surface area contributed by atoms with E-state index in [1.165, 1.54) is 5.56 Å². The number of pyridine rings is 1. The zero-order valence-electron chi connectivity index (χ0n) is 12.8. The van der Waals surface area contributed by atoms with Crippen LogP contribution < -0.4 is 14.8 Å². The zero-order chi connectivity index (χ0) is 15.1. The normalized spacial score (nSPS) is 12.0. The SMILES string of the molecule is CCNC(Cc1cccnc1)c1ccc(OC)cc1OC. The summed E-state index contributed by atoms with van der Waals surface area (Å²) < 4.78 is 10.8. The van der Waals surface area contributed by atoms with Gasteiger partial charge in [-0.2, -0.15) is 0 Å². The summed E-state index contributed by atoms with van der Waals surface area (Å²) in [5.41, 5.74) is 2.32. The van der Waals surface area contributed by atoms with Gasteiger partial charge < -0.3 is 14.8 Å². The molecule has 4 nitrogen and oxygen atoms in total. The van der Waals surface area contributed by atoms with Gasteiger partial charge in [0.15, 0.2) is 0 Å². The summed E-state index contributed by atoms with van der Waals surface area (Å²) in [5.74, 6) is 1.64. The molecule has 0 radical (unpaired) electrons. The molecule has 0 aliphatic rings. The van der Waals surface area contributed by atoms with Crippen LogP contribution in [0.3, 0.4) is 0 Å². The van der Waals surface area contributed by atoms with E-state index in [0.717, 1.165) is 30.0 Å². The molecule has 1 heterocycles. The first kappa shape index (κ1) is 15.3. The van der Waals surface area contributed by atoms with Gasteiger partial charge in [0.2, 0.25) is 0 Å².